The predicted molar refractivity (Wildman–Crippen MR) is 76.1 cm³/mol. The largest absolute Gasteiger partial charge is 0.323 e. The average Bonchev–Trinajstić information content (AvgIpc) is 2.29. The van der Waals surface area contributed by atoms with Gasteiger partial charge in [0.15, 0.2) is 9.84 Å². The molecule has 1 rings (SSSR count). The first-order valence-electron chi connectivity index (χ1n) is 6.31. The molecule has 0 aromatic heterocycles. The minimum Gasteiger partial charge on any atom is -0.323 e. The van der Waals surface area contributed by atoms with Crippen LogP contribution in [0.15, 0.2) is 30.3 Å². The van der Waals surface area contributed by atoms with E-state index in [2.05, 4.69) is 0 Å². The molecule has 1 aromatic carbocycles. The summed E-state index contributed by atoms with van der Waals surface area (Å²) in [6.07, 6.45) is 0. The standard InChI is InChI=1S/C14H23NO2S/c1-10(2)14(18(16,17)11(3)4)13(15)12-8-6-5-7-9-12/h5-11,13-14H,15H2,1-4H3. The van der Waals surface area contributed by atoms with Crippen molar-refractivity contribution in [3.8, 4) is 0 Å². The third kappa shape index (κ3) is 3.12. The second-order valence-corrected chi connectivity index (χ2v) is 7.95. The fraction of sp³-hybridized carbons (Fsp3) is 0.571. The molecule has 0 aliphatic rings. The van der Waals surface area contributed by atoms with Crippen LogP contribution >= 0.6 is 0 Å². The molecular weight excluding hydrogens is 246 g/mol. The average molecular weight is 269 g/mol. The molecule has 0 saturated carbocycles. The molecule has 0 aliphatic carbocycles. The van der Waals surface area contributed by atoms with Crippen LogP contribution in [0.3, 0.4) is 0 Å². The maximum Gasteiger partial charge on any atom is 0.157 e. The molecule has 0 amide bonds. The maximum atomic E-state index is 12.4. The summed E-state index contributed by atoms with van der Waals surface area (Å²) in [5.74, 6) is -0.00685. The lowest BCUT2D eigenvalue weighted by Gasteiger charge is -2.29. The van der Waals surface area contributed by atoms with Gasteiger partial charge in [-0.05, 0) is 25.3 Å². The van der Waals surface area contributed by atoms with Crippen molar-refractivity contribution in [2.75, 3.05) is 0 Å². The summed E-state index contributed by atoms with van der Waals surface area (Å²) >= 11 is 0. The van der Waals surface area contributed by atoms with Crippen LogP contribution in [-0.4, -0.2) is 18.9 Å². The second kappa shape index (κ2) is 5.85. The Labute approximate surface area is 110 Å². The zero-order valence-electron chi connectivity index (χ0n) is 11.5. The summed E-state index contributed by atoms with van der Waals surface area (Å²) in [6, 6.07) is 8.96. The van der Waals surface area contributed by atoms with Gasteiger partial charge >= 0.3 is 0 Å². The van der Waals surface area contributed by atoms with Gasteiger partial charge in [0.05, 0.1) is 10.5 Å². The zero-order valence-corrected chi connectivity index (χ0v) is 12.3. The summed E-state index contributed by atoms with van der Waals surface area (Å²) in [5, 5.41) is -0.945. The van der Waals surface area contributed by atoms with E-state index in [4.69, 9.17) is 5.73 Å². The SMILES string of the molecule is CC(C)C(C(N)c1ccccc1)S(=O)(=O)C(C)C. The molecule has 0 radical (unpaired) electrons. The molecule has 3 nitrogen and oxygen atoms in total. The number of nitrogens with two attached hydrogens (primary N) is 1. The van der Waals surface area contributed by atoms with E-state index in [9.17, 15) is 8.42 Å². The summed E-state index contributed by atoms with van der Waals surface area (Å²) in [6.45, 7) is 7.24. The number of hydrogen-bond donors (Lipinski definition) is 1. The van der Waals surface area contributed by atoms with Gasteiger partial charge in [0.2, 0.25) is 0 Å². The van der Waals surface area contributed by atoms with Crippen molar-refractivity contribution in [2.45, 2.75) is 44.2 Å². The van der Waals surface area contributed by atoms with Gasteiger partial charge in [-0.3, -0.25) is 0 Å². The number of hydrogen-bond acceptors (Lipinski definition) is 3. The van der Waals surface area contributed by atoms with Crippen molar-refractivity contribution in [1.82, 2.24) is 0 Å². The number of sulfone groups is 1. The quantitative estimate of drug-likeness (QED) is 0.893. The molecule has 0 saturated heterocycles. The molecule has 4 heteroatoms. The third-order valence-electron chi connectivity index (χ3n) is 3.23. The van der Waals surface area contributed by atoms with Gasteiger partial charge in [0.1, 0.15) is 0 Å². The van der Waals surface area contributed by atoms with Crippen LogP contribution in [0.25, 0.3) is 0 Å². The summed E-state index contributed by atoms with van der Waals surface area (Å²) in [5.41, 5.74) is 7.06. The minimum atomic E-state index is -3.21. The first-order chi connectivity index (χ1) is 8.28. The number of benzene rings is 1. The highest BCUT2D eigenvalue weighted by Crippen LogP contribution is 2.28. The van der Waals surface area contributed by atoms with Crippen molar-refractivity contribution in [2.24, 2.45) is 11.7 Å². The van der Waals surface area contributed by atoms with Crippen molar-refractivity contribution < 1.29 is 8.42 Å². The summed E-state index contributed by atoms with van der Waals surface area (Å²) in [4.78, 5) is 0. The predicted octanol–water partition coefficient (Wildman–Crippen LogP) is 2.53. The maximum absolute atomic E-state index is 12.4. The topological polar surface area (TPSA) is 60.2 Å². The lowest BCUT2D eigenvalue weighted by Crippen LogP contribution is -2.41. The van der Waals surface area contributed by atoms with E-state index in [0.717, 1.165) is 5.56 Å². The van der Waals surface area contributed by atoms with E-state index < -0.39 is 26.4 Å². The summed E-state index contributed by atoms with van der Waals surface area (Å²) < 4.78 is 24.8. The lowest BCUT2D eigenvalue weighted by molar-refractivity contribution is 0.477. The monoisotopic (exact) mass is 269 g/mol. The Morgan fingerprint density at radius 3 is 1.89 bits per heavy atom. The first-order valence-corrected chi connectivity index (χ1v) is 7.92. The fourth-order valence-electron chi connectivity index (χ4n) is 2.18. The van der Waals surface area contributed by atoms with Crippen molar-refractivity contribution in [3.05, 3.63) is 35.9 Å². The third-order valence-corrected chi connectivity index (χ3v) is 6.14. The molecule has 102 valence electrons. The molecule has 2 N–H and O–H groups in total. The summed E-state index contributed by atoms with van der Waals surface area (Å²) in [7, 11) is -3.21. The van der Waals surface area contributed by atoms with Crippen LogP contribution < -0.4 is 5.73 Å². The molecule has 0 fully saturated rings. The zero-order chi connectivity index (χ0) is 13.9. The lowest BCUT2D eigenvalue weighted by atomic mass is 9.97. The molecule has 0 bridgehead atoms. The molecule has 0 heterocycles. The van der Waals surface area contributed by atoms with Crippen LogP contribution in [0.5, 0.6) is 0 Å². The molecule has 18 heavy (non-hydrogen) atoms. The van der Waals surface area contributed by atoms with Crippen molar-refractivity contribution in [1.29, 1.82) is 0 Å². The van der Waals surface area contributed by atoms with Crippen molar-refractivity contribution >= 4 is 9.84 Å². The highest BCUT2D eigenvalue weighted by Gasteiger charge is 2.36. The van der Waals surface area contributed by atoms with Crippen LogP contribution in [0, 0.1) is 5.92 Å². The van der Waals surface area contributed by atoms with Gasteiger partial charge in [-0.1, -0.05) is 44.2 Å². The molecule has 0 aliphatic heterocycles. The molecule has 2 unspecified atom stereocenters. The van der Waals surface area contributed by atoms with Gasteiger partial charge in [-0.15, -0.1) is 0 Å². The van der Waals surface area contributed by atoms with E-state index in [0.29, 0.717) is 0 Å². The van der Waals surface area contributed by atoms with Gasteiger partial charge in [-0.25, -0.2) is 8.42 Å². The van der Waals surface area contributed by atoms with Gasteiger partial charge in [0, 0.05) is 6.04 Å². The molecular formula is C14H23NO2S. The van der Waals surface area contributed by atoms with Crippen LogP contribution in [0.1, 0.15) is 39.3 Å². The van der Waals surface area contributed by atoms with E-state index >= 15 is 0 Å². The Morgan fingerprint density at radius 1 is 1.00 bits per heavy atom. The van der Waals surface area contributed by atoms with Crippen LogP contribution in [0.4, 0.5) is 0 Å². The highest BCUT2D eigenvalue weighted by atomic mass is 32.2. The molecule has 0 spiro atoms. The number of rotatable bonds is 5. The minimum absolute atomic E-state index is 0.00685. The van der Waals surface area contributed by atoms with Gasteiger partial charge in [-0.2, -0.15) is 0 Å². The van der Waals surface area contributed by atoms with Crippen molar-refractivity contribution in [3.63, 3.8) is 0 Å². The normalized spacial score (nSPS) is 15.9. The Hall–Kier alpha value is -0.870. The fourth-order valence-corrected chi connectivity index (χ4v) is 4.13. The highest BCUT2D eigenvalue weighted by molar-refractivity contribution is 7.92. The second-order valence-electron chi connectivity index (χ2n) is 5.28. The first kappa shape index (κ1) is 15.2. The van der Waals surface area contributed by atoms with E-state index in [1.807, 2.05) is 44.2 Å². The molecule has 1 aromatic rings. The smallest absolute Gasteiger partial charge is 0.157 e. The molecule has 2 atom stereocenters. The van der Waals surface area contributed by atoms with Crippen LogP contribution in [-0.2, 0) is 9.84 Å². The van der Waals surface area contributed by atoms with E-state index in [1.165, 1.54) is 0 Å². The Kier molecular flexibility index (Phi) is 4.93. The van der Waals surface area contributed by atoms with Gasteiger partial charge in [0.25, 0.3) is 0 Å². The Morgan fingerprint density at radius 2 is 1.50 bits per heavy atom. The van der Waals surface area contributed by atoms with E-state index in [1.54, 1.807) is 13.8 Å². The van der Waals surface area contributed by atoms with E-state index in [-0.39, 0.29) is 5.92 Å². The Bertz CT molecular complexity index is 466. The Balaban J connectivity index is 3.16. The van der Waals surface area contributed by atoms with Gasteiger partial charge < -0.3 is 5.73 Å². The van der Waals surface area contributed by atoms with Crippen LogP contribution in [0.2, 0.25) is 0 Å².